The zero-order chi connectivity index (χ0) is 14.5. The third-order valence-corrected chi connectivity index (χ3v) is 5.55. The molecule has 1 aromatic rings. The van der Waals surface area contributed by atoms with Crippen LogP contribution < -0.4 is 0 Å². The number of fused-ring (bicyclic) bond motifs is 1. The van der Waals surface area contributed by atoms with Crippen LogP contribution in [0.2, 0.25) is 0 Å². The van der Waals surface area contributed by atoms with Gasteiger partial charge in [0.1, 0.15) is 0 Å². The van der Waals surface area contributed by atoms with Crippen LogP contribution in [-0.4, -0.2) is 42.7 Å². The molecule has 0 aromatic carbocycles. The summed E-state index contributed by atoms with van der Waals surface area (Å²) < 4.78 is 4.62. The summed E-state index contributed by atoms with van der Waals surface area (Å²) in [5.41, 5.74) is 1.30. The molecular weight excluding hydrogens is 294 g/mol. The zero-order valence-corrected chi connectivity index (χ0v) is 13.4. The second kappa shape index (κ2) is 7.13. The molecule has 0 aliphatic carbocycles. The molecule has 2 heterocycles. The predicted octanol–water partition coefficient (Wildman–Crippen LogP) is 2.56. The normalized spacial score (nSPS) is 13.7. The summed E-state index contributed by atoms with van der Waals surface area (Å²) in [6, 6.07) is 2.02. The first-order valence-electron chi connectivity index (χ1n) is 6.71. The lowest BCUT2D eigenvalue weighted by Gasteiger charge is -2.19. The van der Waals surface area contributed by atoms with Gasteiger partial charge < -0.3 is 9.64 Å². The Morgan fingerprint density at radius 1 is 1.45 bits per heavy atom. The number of esters is 1. The van der Waals surface area contributed by atoms with Gasteiger partial charge >= 0.3 is 5.97 Å². The van der Waals surface area contributed by atoms with Gasteiger partial charge in [0, 0.05) is 23.7 Å². The Balaban J connectivity index is 2.04. The Morgan fingerprint density at radius 2 is 2.25 bits per heavy atom. The first kappa shape index (κ1) is 15.4. The Morgan fingerprint density at radius 3 is 2.90 bits per heavy atom. The number of nitrogens with zero attached hydrogens (tertiary/aromatic N) is 1. The van der Waals surface area contributed by atoms with E-state index in [0.717, 1.165) is 22.8 Å². The van der Waals surface area contributed by atoms with Crippen molar-refractivity contribution in [1.82, 2.24) is 4.90 Å². The van der Waals surface area contributed by atoms with E-state index in [4.69, 9.17) is 0 Å². The topological polar surface area (TPSA) is 46.6 Å². The number of amides is 1. The molecule has 110 valence electrons. The van der Waals surface area contributed by atoms with Gasteiger partial charge in [-0.1, -0.05) is 0 Å². The Hall–Kier alpha value is -1.01. The van der Waals surface area contributed by atoms with Crippen LogP contribution in [0.25, 0.3) is 0 Å². The summed E-state index contributed by atoms with van der Waals surface area (Å²) in [5.74, 6) is 1.90. The molecule has 0 radical (unpaired) electrons. The second-order valence-electron chi connectivity index (χ2n) is 4.57. The van der Waals surface area contributed by atoms with Gasteiger partial charge in [0.2, 0.25) is 0 Å². The van der Waals surface area contributed by atoms with Gasteiger partial charge in [0.05, 0.1) is 18.4 Å². The lowest BCUT2D eigenvalue weighted by molar-refractivity contribution is -0.140. The van der Waals surface area contributed by atoms with Gasteiger partial charge in [-0.3, -0.25) is 9.59 Å². The number of methoxy groups -OCH3 is 1. The number of carbonyl (C=O) groups excluding carboxylic acids is 2. The molecule has 0 saturated carbocycles. The summed E-state index contributed by atoms with van der Waals surface area (Å²) in [4.78, 5) is 27.5. The zero-order valence-electron chi connectivity index (χ0n) is 11.8. The highest BCUT2D eigenvalue weighted by molar-refractivity contribution is 7.98. The van der Waals surface area contributed by atoms with Crippen LogP contribution in [0.3, 0.4) is 0 Å². The van der Waals surface area contributed by atoms with E-state index < -0.39 is 0 Å². The summed E-state index contributed by atoms with van der Waals surface area (Å²) >= 11 is 3.52. The van der Waals surface area contributed by atoms with Gasteiger partial charge in [-0.15, -0.1) is 11.3 Å². The average molecular weight is 313 g/mol. The predicted molar refractivity (Wildman–Crippen MR) is 82.4 cm³/mol. The monoisotopic (exact) mass is 313 g/mol. The molecular formula is C14H19NO3S2. The molecule has 0 N–H and O–H groups in total. The number of rotatable bonds is 5. The summed E-state index contributed by atoms with van der Waals surface area (Å²) in [6.07, 6.45) is 1.31. The number of ether oxygens (including phenoxy) is 1. The van der Waals surface area contributed by atoms with Crippen molar-refractivity contribution in [2.75, 3.05) is 26.0 Å². The number of aryl methyl sites for hydroxylation is 1. The molecule has 0 bridgehead atoms. The lowest BCUT2D eigenvalue weighted by atomic mass is 10.2. The van der Waals surface area contributed by atoms with E-state index in [9.17, 15) is 9.59 Å². The molecule has 4 nitrogen and oxygen atoms in total. The van der Waals surface area contributed by atoms with Crippen molar-refractivity contribution in [1.29, 1.82) is 0 Å². The van der Waals surface area contributed by atoms with Crippen LogP contribution in [0, 0.1) is 0 Å². The smallest absolute Gasteiger partial charge is 0.307 e. The van der Waals surface area contributed by atoms with E-state index in [1.54, 1.807) is 16.2 Å². The molecule has 1 aliphatic rings. The standard InChI is InChI=1S/C14H19NO3S2/c1-3-15(6-4-13(16)18-2)14(17)12-8-10-9-19-7-5-11(10)20-12/h8H,3-7,9H2,1-2H3. The highest BCUT2D eigenvalue weighted by Gasteiger charge is 2.21. The maximum atomic E-state index is 12.5. The van der Waals surface area contributed by atoms with Crippen LogP contribution in [0.15, 0.2) is 6.07 Å². The Kier molecular flexibility index (Phi) is 5.48. The summed E-state index contributed by atoms with van der Waals surface area (Å²) in [6.45, 7) is 2.95. The van der Waals surface area contributed by atoms with E-state index in [2.05, 4.69) is 4.74 Å². The van der Waals surface area contributed by atoms with Crippen LogP contribution in [0.4, 0.5) is 0 Å². The van der Waals surface area contributed by atoms with Gasteiger partial charge in [0.15, 0.2) is 0 Å². The van der Waals surface area contributed by atoms with Crippen LogP contribution in [-0.2, 0) is 21.7 Å². The summed E-state index contributed by atoms with van der Waals surface area (Å²) in [7, 11) is 1.37. The van der Waals surface area contributed by atoms with Crippen molar-refractivity contribution in [3.63, 3.8) is 0 Å². The maximum Gasteiger partial charge on any atom is 0.307 e. The van der Waals surface area contributed by atoms with Crippen molar-refractivity contribution < 1.29 is 14.3 Å². The first-order chi connectivity index (χ1) is 9.65. The molecule has 20 heavy (non-hydrogen) atoms. The van der Waals surface area contributed by atoms with Crippen molar-refractivity contribution in [3.05, 3.63) is 21.4 Å². The van der Waals surface area contributed by atoms with Crippen molar-refractivity contribution in [2.24, 2.45) is 0 Å². The fraction of sp³-hybridized carbons (Fsp3) is 0.571. The fourth-order valence-corrected chi connectivity index (χ4v) is 4.48. The van der Waals surface area contributed by atoms with E-state index in [1.165, 1.54) is 17.6 Å². The quantitative estimate of drug-likeness (QED) is 0.784. The third kappa shape index (κ3) is 3.55. The minimum absolute atomic E-state index is 0.0285. The number of thioether (sulfide) groups is 1. The molecule has 0 saturated heterocycles. The number of hydrogen-bond donors (Lipinski definition) is 0. The minimum atomic E-state index is -0.280. The van der Waals surface area contributed by atoms with E-state index in [1.807, 2.05) is 24.8 Å². The van der Waals surface area contributed by atoms with Crippen LogP contribution in [0.1, 0.15) is 33.5 Å². The van der Waals surface area contributed by atoms with E-state index in [0.29, 0.717) is 13.1 Å². The lowest BCUT2D eigenvalue weighted by Crippen LogP contribution is -2.32. The van der Waals surface area contributed by atoms with E-state index >= 15 is 0 Å². The van der Waals surface area contributed by atoms with Crippen LogP contribution in [0.5, 0.6) is 0 Å². The number of thiophene rings is 1. The highest BCUT2D eigenvalue weighted by Crippen LogP contribution is 2.32. The molecule has 0 fully saturated rings. The van der Waals surface area contributed by atoms with Gasteiger partial charge in [-0.05, 0) is 30.7 Å². The third-order valence-electron chi connectivity index (χ3n) is 3.32. The van der Waals surface area contributed by atoms with Crippen molar-refractivity contribution >= 4 is 35.0 Å². The number of carbonyl (C=O) groups is 2. The second-order valence-corrected chi connectivity index (χ2v) is 6.81. The maximum absolute atomic E-state index is 12.5. The van der Waals surface area contributed by atoms with Gasteiger partial charge in [-0.25, -0.2) is 0 Å². The van der Waals surface area contributed by atoms with Gasteiger partial charge in [-0.2, -0.15) is 11.8 Å². The SMILES string of the molecule is CCN(CCC(=O)OC)C(=O)c1cc2c(s1)CCSC2. The fourth-order valence-electron chi connectivity index (χ4n) is 2.14. The average Bonchev–Trinajstić information content (AvgIpc) is 2.91. The van der Waals surface area contributed by atoms with Crippen molar-refractivity contribution in [2.45, 2.75) is 25.5 Å². The van der Waals surface area contributed by atoms with Crippen LogP contribution >= 0.6 is 23.1 Å². The molecule has 0 atom stereocenters. The molecule has 6 heteroatoms. The molecule has 2 rings (SSSR count). The van der Waals surface area contributed by atoms with Crippen molar-refractivity contribution in [3.8, 4) is 0 Å². The molecule has 0 spiro atoms. The molecule has 1 aromatic heterocycles. The molecule has 0 unspecified atom stereocenters. The highest BCUT2D eigenvalue weighted by atomic mass is 32.2. The Bertz CT molecular complexity index is 475. The minimum Gasteiger partial charge on any atom is -0.469 e. The molecule has 1 aliphatic heterocycles. The Labute approximate surface area is 127 Å². The van der Waals surface area contributed by atoms with E-state index in [-0.39, 0.29) is 18.3 Å². The first-order valence-corrected chi connectivity index (χ1v) is 8.68. The largest absolute Gasteiger partial charge is 0.469 e. The van der Waals surface area contributed by atoms with Gasteiger partial charge in [0.25, 0.3) is 5.91 Å². The number of hydrogen-bond acceptors (Lipinski definition) is 5. The molecule has 1 amide bonds. The summed E-state index contributed by atoms with van der Waals surface area (Å²) in [5, 5.41) is 0.